The van der Waals surface area contributed by atoms with Gasteiger partial charge < -0.3 is 15.5 Å². The molecular weight excluding hydrogens is 262 g/mol. The Bertz CT molecular complexity index is 656. The number of phenolic OH excluding ortho intramolecular Hbond substituents is 2. The van der Waals surface area contributed by atoms with Crippen LogP contribution in [0, 0.1) is 0 Å². The smallest absolute Gasteiger partial charge is 0.213 e. The van der Waals surface area contributed by atoms with E-state index in [-0.39, 0.29) is 22.3 Å². The van der Waals surface area contributed by atoms with Gasteiger partial charge in [0.25, 0.3) is 0 Å². The number of nitrogens with zero attached hydrogens (tertiary/aromatic N) is 2. The molecule has 0 aliphatic heterocycles. The van der Waals surface area contributed by atoms with Crippen molar-refractivity contribution in [3.8, 4) is 11.5 Å². The maximum absolute atomic E-state index is 9.85. The molecule has 0 heterocycles. The summed E-state index contributed by atoms with van der Waals surface area (Å²) in [6.07, 6.45) is 0. The van der Waals surface area contributed by atoms with Crippen LogP contribution in [-0.2, 0) is 0 Å². The number of hydrogen-bond acceptors (Lipinski definition) is 4. The van der Waals surface area contributed by atoms with E-state index in [1.165, 1.54) is 6.07 Å². The van der Waals surface area contributed by atoms with Gasteiger partial charge in [0.1, 0.15) is 17.2 Å². The number of aromatic hydroxyl groups is 2. The molecule has 0 radical (unpaired) electrons. The Labute approximate surface area is 115 Å². The van der Waals surface area contributed by atoms with Crippen molar-refractivity contribution in [3.63, 3.8) is 0 Å². The van der Waals surface area contributed by atoms with Gasteiger partial charge in [-0.15, -0.1) is 10.2 Å². The monoisotopic (exact) mass is 275 g/mol. The van der Waals surface area contributed by atoms with E-state index in [4.69, 9.17) is 12.2 Å². The lowest BCUT2D eigenvalue weighted by molar-refractivity contribution is 0.456. The summed E-state index contributed by atoms with van der Waals surface area (Å²) in [7, 11) is 0. The molecule has 0 aliphatic carbocycles. The highest BCUT2D eigenvalue weighted by atomic mass is 32.1. The molecule has 0 unspecified atom stereocenters. The quantitative estimate of drug-likeness (QED) is 0.581. The van der Waals surface area contributed by atoms with Crippen LogP contribution in [0.25, 0.3) is 10.8 Å². The van der Waals surface area contributed by atoms with Gasteiger partial charge in [-0.05, 0) is 19.1 Å². The first kappa shape index (κ1) is 13.2. The molecule has 0 aliphatic rings. The topological polar surface area (TPSA) is 77.2 Å². The summed E-state index contributed by atoms with van der Waals surface area (Å²) in [4.78, 5) is 0. The van der Waals surface area contributed by atoms with Crippen LogP contribution in [0.15, 0.2) is 40.6 Å². The SMILES string of the molecule is CCNC(=S)N=Nc1c(O)cc(O)c2ccccc12. The molecule has 0 amide bonds. The standard InChI is InChI=1S/C13H13N3O2S/c1-2-14-13(19)16-15-12-9-6-4-3-5-8(9)10(17)7-11(12)18/h3-7,17-18H,2H2,1H3,(H,14,19). The Hall–Kier alpha value is -2.21. The van der Waals surface area contributed by atoms with Crippen molar-refractivity contribution in [1.29, 1.82) is 0 Å². The van der Waals surface area contributed by atoms with Crippen molar-refractivity contribution in [2.24, 2.45) is 10.2 Å². The fourth-order valence-corrected chi connectivity index (χ4v) is 1.90. The third-order valence-electron chi connectivity index (χ3n) is 2.54. The van der Waals surface area contributed by atoms with Gasteiger partial charge in [0.15, 0.2) is 0 Å². The zero-order chi connectivity index (χ0) is 13.8. The summed E-state index contributed by atoms with van der Waals surface area (Å²) < 4.78 is 0. The number of rotatable bonds is 2. The molecule has 19 heavy (non-hydrogen) atoms. The molecule has 0 spiro atoms. The maximum atomic E-state index is 9.85. The molecule has 0 aromatic heterocycles. The summed E-state index contributed by atoms with van der Waals surface area (Å²) in [5, 5.41) is 31.7. The minimum atomic E-state index is -0.140. The van der Waals surface area contributed by atoms with Gasteiger partial charge in [-0.2, -0.15) is 0 Å². The van der Waals surface area contributed by atoms with E-state index in [2.05, 4.69) is 15.5 Å². The van der Waals surface area contributed by atoms with Crippen molar-refractivity contribution in [2.75, 3.05) is 6.54 Å². The molecule has 5 nitrogen and oxygen atoms in total. The molecule has 98 valence electrons. The van der Waals surface area contributed by atoms with Crippen molar-refractivity contribution >= 4 is 33.8 Å². The average Bonchev–Trinajstić information content (AvgIpc) is 2.39. The molecule has 2 rings (SSSR count). The van der Waals surface area contributed by atoms with Gasteiger partial charge >= 0.3 is 0 Å². The van der Waals surface area contributed by atoms with E-state index in [0.29, 0.717) is 17.3 Å². The lowest BCUT2D eigenvalue weighted by atomic mass is 10.1. The second kappa shape index (κ2) is 5.62. The molecule has 0 bridgehead atoms. The molecule has 0 fully saturated rings. The van der Waals surface area contributed by atoms with Gasteiger partial charge in [0.2, 0.25) is 5.11 Å². The molecule has 6 heteroatoms. The first-order valence-electron chi connectivity index (χ1n) is 5.76. The van der Waals surface area contributed by atoms with Crippen LogP contribution in [0.5, 0.6) is 11.5 Å². The molecule has 2 aromatic rings. The molecule has 0 saturated heterocycles. The van der Waals surface area contributed by atoms with E-state index < -0.39 is 0 Å². The highest BCUT2D eigenvalue weighted by Crippen LogP contribution is 2.40. The zero-order valence-corrected chi connectivity index (χ0v) is 11.1. The Balaban J connectivity index is 2.51. The van der Waals surface area contributed by atoms with Crippen LogP contribution in [0.3, 0.4) is 0 Å². The Morgan fingerprint density at radius 2 is 1.89 bits per heavy atom. The van der Waals surface area contributed by atoms with Crippen LogP contribution >= 0.6 is 12.2 Å². The van der Waals surface area contributed by atoms with E-state index in [0.717, 1.165) is 0 Å². The molecule has 2 aromatic carbocycles. The Kier molecular flexibility index (Phi) is 3.91. The van der Waals surface area contributed by atoms with Crippen LogP contribution in [-0.4, -0.2) is 21.9 Å². The summed E-state index contributed by atoms with van der Waals surface area (Å²) in [5.41, 5.74) is 0.286. The van der Waals surface area contributed by atoms with Gasteiger partial charge in [0, 0.05) is 23.4 Å². The van der Waals surface area contributed by atoms with E-state index in [9.17, 15) is 10.2 Å². The van der Waals surface area contributed by atoms with Crippen LogP contribution in [0.4, 0.5) is 5.69 Å². The second-order valence-corrected chi connectivity index (χ2v) is 4.23. The number of benzene rings is 2. The van der Waals surface area contributed by atoms with Crippen LogP contribution < -0.4 is 5.32 Å². The minimum absolute atomic E-state index is 0.00121. The van der Waals surface area contributed by atoms with Gasteiger partial charge in [-0.3, -0.25) is 0 Å². The third-order valence-corrected chi connectivity index (χ3v) is 2.77. The maximum Gasteiger partial charge on any atom is 0.213 e. The highest BCUT2D eigenvalue weighted by molar-refractivity contribution is 7.80. The van der Waals surface area contributed by atoms with Crippen molar-refractivity contribution in [2.45, 2.75) is 6.92 Å². The number of thiocarbonyl (C=S) groups is 1. The Morgan fingerprint density at radius 3 is 2.58 bits per heavy atom. The second-order valence-electron chi connectivity index (χ2n) is 3.84. The number of azo groups is 1. The van der Waals surface area contributed by atoms with E-state index in [1.807, 2.05) is 6.92 Å². The predicted octanol–water partition coefficient (Wildman–Crippen LogP) is 3.23. The molecule has 0 saturated carbocycles. The largest absolute Gasteiger partial charge is 0.507 e. The van der Waals surface area contributed by atoms with E-state index in [1.54, 1.807) is 24.3 Å². The summed E-state index contributed by atoms with van der Waals surface area (Å²) in [5.74, 6) is -0.138. The number of hydrogen-bond donors (Lipinski definition) is 3. The first-order valence-corrected chi connectivity index (χ1v) is 6.17. The first-order chi connectivity index (χ1) is 9.13. The zero-order valence-electron chi connectivity index (χ0n) is 10.3. The van der Waals surface area contributed by atoms with Crippen LogP contribution in [0.1, 0.15) is 6.92 Å². The van der Waals surface area contributed by atoms with Gasteiger partial charge in [0.05, 0.1) is 0 Å². The fraction of sp³-hybridized carbons (Fsp3) is 0.154. The summed E-state index contributed by atoms with van der Waals surface area (Å²) >= 11 is 4.94. The number of fused-ring (bicyclic) bond motifs is 1. The molecular formula is C13H13N3O2S. The summed E-state index contributed by atoms with van der Waals surface area (Å²) in [6, 6.07) is 8.32. The van der Waals surface area contributed by atoms with Crippen LogP contribution in [0.2, 0.25) is 0 Å². The van der Waals surface area contributed by atoms with Gasteiger partial charge in [-0.1, -0.05) is 24.3 Å². The number of nitrogens with one attached hydrogen (secondary N) is 1. The minimum Gasteiger partial charge on any atom is -0.507 e. The number of phenols is 2. The van der Waals surface area contributed by atoms with E-state index >= 15 is 0 Å². The van der Waals surface area contributed by atoms with Crippen molar-refractivity contribution in [1.82, 2.24) is 5.32 Å². The van der Waals surface area contributed by atoms with Gasteiger partial charge in [-0.25, -0.2) is 0 Å². The average molecular weight is 275 g/mol. The van der Waals surface area contributed by atoms with Crippen molar-refractivity contribution in [3.05, 3.63) is 30.3 Å². The Morgan fingerprint density at radius 1 is 1.21 bits per heavy atom. The highest BCUT2D eigenvalue weighted by Gasteiger charge is 2.10. The lowest BCUT2D eigenvalue weighted by Crippen LogP contribution is -2.17. The van der Waals surface area contributed by atoms with Crippen molar-refractivity contribution < 1.29 is 10.2 Å². The summed E-state index contributed by atoms with van der Waals surface area (Å²) in [6.45, 7) is 2.55. The normalized spacial score (nSPS) is 11.0. The third kappa shape index (κ3) is 2.79. The molecule has 3 N–H and O–H groups in total. The lowest BCUT2D eigenvalue weighted by Gasteiger charge is -2.06. The predicted molar refractivity (Wildman–Crippen MR) is 78.1 cm³/mol. The fourth-order valence-electron chi connectivity index (χ4n) is 1.71. The molecule has 0 atom stereocenters.